The van der Waals surface area contributed by atoms with Gasteiger partial charge in [-0.2, -0.15) is 13.2 Å². The number of nitrogens with zero attached hydrogens (tertiary/aromatic N) is 3. The molecule has 4 aromatic rings. The minimum absolute atomic E-state index is 0.0623. The molecule has 7 nitrogen and oxygen atoms in total. The van der Waals surface area contributed by atoms with Crippen molar-refractivity contribution in [3.8, 4) is 11.4 Å². The molecule has 1 N–H and O–H groups in total. The normalized spacial score (nSPS) is 11.8. The van der Waals surface area contributed by atoms with E-state index < -0.39 is 27.7 Å². The summed E-state index contributed by atoms with van der Waals surface area (Å²) in [6.45, 7) is 0. The van der Waals surface area contributed by atoms with Crippen LogP contribution in [0.15, 0.2) is 83.2 Å². The molecule has 35 heavy (non-hydrogen) atoms. The highest BCUT2D eigenvalue weighted by Gasteiger charge is 2.30. The standard InChI is InChI=1S/C23H17F3N4O3S2/c1-30(17-9-7-16(8-10-17)23(24,25)26)35(32,33)18-11-5-15(6-12-18)21(31)29-22-28-20(14-34-22)19-4-2-3-13-27-19/h2-14H,1H3,(H,28,29,31). The molecule has 0 aliphatic carbocycles. The maximum Gasteiger partial charge on any atom is 0.416 e. The number of benzene rings is 2. The van der Waals surface area contributed by atoms with E-state index in [1.54, 1.807) is 23.7 Å². The molecule has 12 heteroatoms. The number of halogens is 3. The number of nitrogens with one attached hydrogen (secondary N) is 1. The molecule has 0 radical (unpaired) electrons. The van der Waals surface area contributed by atoms with Gasteiger partial charge in [0.05, 0.1) is 21.8 Å². The highest BCUT2D eigenvalue weighted by molar-refractivity contribution is 7.92. The average molecular weight is 519 g/mol. The van der Waals surface area contributed by atoms with Crippen LogP contribution in [0.3, 0.4) is 0 Å². The summed E-state index contributed by atoms with van der Waals surface area (Å²) in [6.07, 6.45) is -2.89. The number of aromatic nitrogens is 2. The lowest BCUT2D eigenvalue weighted by atomic mass is 10.2. The topological polar surface area (TPSA) is 92.3 Å². The van der Waals surface area contributed by atoms with Crippen molar-refractivity contribution in [3.63, 3.8) is 0 Å². The largest absolute Gasteiger partial charge is 0.416 e. The molecule has 0 atom stereocenters. The lowest BCUT2D eigenvalue weighted by Gasteiger charge is -2.20. The fraction of sp³-hybridized carbons (Fsp3) is 0.0870. The van der Waals surface area contributed by atoms with Crippen LogP contribution in [0.25, 0.3) is 11.4 Å². The monoisotopic (exact) mass is 518 g/mol. The third-order valence-corrected chi connectivity index (χ3v) is 7.54. The van der Waals surface area contributed by atoms with Gasteiger partial charge in [0.25, 0.3) is 15.9 Å². The number of hydrogen-bond acceptors (Lipinski definition) is 6. The van der Waals surface area contributed by atoms with Gasteiger partial charge in [0, 0.05) is 24.2 Å². The van der Waals surface area contributed by atoms with Crippen LogP contribution in [0.2, 0.25) is 0 Å². The molecule has 180 valence electrons. The van der Waals surface area contributed by atoms with Gasteiger partial charge < -0.3 is 0 Å². The van der Waals surface area contributed by atoms with Crippen LogP contribution < -0.4 is 9.62 Å². The molecule has 0 aliphatic heterocycles. The van der Waals surface area contributed by atoms with E-state index >= 15 is 0 Å². The van der Waals surface area contributed by atoms with E-state index in [9.17, 15) is 26.4 Å². The van der Waals surface area contributed by atoms with Gasteiger partial charge in [-0.3, -0.25) is 19.4 Å². The summed E-state index contributed by atoms with van der Waals surface area (Å²) in [5.74, 6) is -0.480. The van der Waals surface area contributed by atoms with E-state index in [2.05, 4.69) is 15.3 Å². The molecule has 1 amide bonds. The second kappa shape index (κ2) is 9.47. The Morgan fingerprint density at radius 1 is 0.971 bits per heavy atom. The van der Waals surface area contributed by atoms with Crippen molar-refractivity contribution in [3.05, 3.63) is 89.4 Å². The maximum absolute atomic E-state index is 12.9. The van der Waals surface area contributed by atoms with Crippen LogP contribution in [0.1, 0.15) is 15.9 Å². The first-order valence-electron chi connectivity index (χ1n) is 10.0. The highest BCUT2D eigenvalue weighted by Crippen LogP contribution is 2.31. The van der Waals surface area contributed by atoms with Crippen molar-refractivity contribution in [2.24, 2.45) is 0 Å². The fourth-order valence-electron chi connectivity index (χ4n) is 3.07. The van der Waals surface area contributed by atoms with Crippen LogP contribution in [-0.2, 0) is 16.2 Å². The Balaban J connectivity index is 1.47. The van der Waals surface area contributed by atoms with E-state index in [0.717, 1.165) is 28.6 Å². The smallest absolute Gasteiger partial charge is 0.298 e. The van der Waals surface area contributed by atoms with Gasteiger partial charge in [0.2, 0.25) is 0 Å². The second-order valence-electron chi connectivity index (χ2n) is 7.25. The fourth-order valence-corrected chi connectivity index (χ4v) is 4.96. The number of sulfonamides is 1. The number of anilines is 2. The average Bonchev–Trinajstić information content (AvgIpc) is 3.32. The number of amides is 1. The molecule has 0 saturated carbocycles. The van der Waals surface area contributed by atoms with Gasteiger partial charge in [0.15, 0.2) is 5.13 Å². The molecule has 2 heterocycles. The van der Waals surface area contributed by atoms with Gasteiger partial charge in [-0.05, 0) is 60.7 Å². The van der Waals surface area contributed by atoms with Gasteiger partial charge in [-0.15, -0.1) is 11.3 Å². The van der Waals surface area contributed by atoms with E-state index in [1.807, 2.05) is 6.07 Å². The molecule has 4 rings (SSSR count). The lowest BCUT2D eigenvalue weighted by Crippen LogP contribution is -2.26. The van der Waals surface area contributed by atoms with Crippen LogP contribution in [-0.4, -0.2) is 31.3 Å². The Morgan fingerprint density at radius 3 is 2.26 bits per heavy atom. The summed E-state index contributed by atoms with van der Waals surface area (Å²) in [6, 6.07) is 14.4. The molecule has 0 spiro atoms. The van der Waals surface area contributed by atoms with Gasteiger partial charge in [-0.25, -0.2) is 13.4 Å². The Hall–Kier alpha value is -3.77. The van der Waals surface area contributed by atoms with Crippen LogP contribution in [0, 0.1) is 0 Å². The lowest BCUT2D eigenvalue weighted by molar-refractivity contribution is -0.137. The van der Waals surface area contributed by atoms with Gasteiger partial charge in [0.1, 0.15) is 5.69 Å². The first-order valence-corrected chi connectivity index (χ1v) is 12.3. The summed E-state index contributed by atoms with van der Waals surface area (Å²) in [5, 5.41) is 4.77. The van der Waals surface area contributed by atoms with E-state index in [1.165, 1.54) is 42.6 Å². The Labute approximate surface area is 203 Å². The Morgan fingerprint density at radius 2 is 1.66 bits per heavy atom. The first kappa shape index (κ1) is 24.4. The number of hydrogen-bond donors (Lipinski definition) is 1. The van der Waals surface area contributed by atoms with Gasteiger partial charge >= 0.3 is 6.18 Å². The van der Waals surface area contributed by atoms with Crippen molar-refractivity contribution in [1.82, 2.24) is 9.97 Å². The second-order valence-corrected chi connectivity index (χ2v) is 10.1. The summed E-state index contributed by atoms with van der Waals surface area (Å²) in [4.78, 5) is 21.0. The molecule has 0 fully saturated rings. The molecule has 0 bridgehead atoms. The molecule has 0 saturated heterocycles. The molecule has 0 aliphatic rings. The Kier molecular flexibility index (Phi) is 6.59. The maximum atomic E-state index is 12.9. The third-order valence-electron chi connectivity index (χ3n) is 4.99. The van der Waals surface area contributed by atoms with Crippen molar-refractivity contribution < 1.29 is 26.4 Å². The number of alkyl halides is 3. The summed E-state index contributed by atoms with van der Waals surface area (Å²) in [7, 11) is -2.83. The molecule has 2 aromatic carbocycles. The van der Waals surface area contributed by atoms with Crippen LogP contribution >= 0.6 is 11.3 Å². The van der Waals surface area contributed by atoms with Crippen LogP contribution in [0.5, 0.6) is 0 Å². The minimum atomic E-state index is -4.52. The SMILES string of the molecule is CN(c1ccc(C(F)(F)F)cc1)S(=O)(=O)c1ccc(C(=O)Nc2nc(-c3ccccn3)cs2)cc1. The number of carbonyl (C=O) groups excluding carboxylic acids is 1. The summed E-state index contributed by atoms with van der Waals surface area (Å²) in [5.41, 5.74) is 0.660. The molecular formula is C23H17F3N4O3S2. The molecule has 2 aromatic heterocycles. The van der Waals surface area contributed by atoms with E-state index in [0.29, 0.717) is 16.5 Å². The number of thiazole rings is 1. The van der Waals surface area contributed by atoms with Crippen molar-refractivity contribution in [2.45, 2.75) is 11.1 Å². The Bertz CT molecular complexity index is 1440. The zero-order chi connectivity index (χ0) is 25.2. The predicted octanol–water partition coefficient (Wildman–Crippen LogP) is 5.30. The summed E-state index contributed by atoms with van der Waals surface area (Å²) >= 11 is 1.22. The predicted molar refractivity (Wildman–Crippen MR) is 127 cm³/mol. The number of carbonyl (C=O) groups is 1. The van der Waals surface area contributed by atoms with Crippen molar-refractivity contribution >= 4 is 38.1 Å². The first-order chi connectivity index (χ1) is 16.6. The zero-order valence-corrected chi connectivity index (χ0v) is 19.7. The van der Waals surface area contributed by atoms with Crippen LogP contribution in [0.4, 0.5) is 24.0 Å². The number of rotatable bonds is 6. The molecular weight excluding hydrogens is 501 g/mol. The zero-order valence-electron chi connectivity index (χ0n) is 18.0. The van der Waals surface area contributed by atoms with E-state index in [-0.39, 0.29) is 16.1 Å². The van der Waals surface area contributed by atoms with E-state index in [4.69, 9.17) is 0 Å². The number of pyridine rings is 1. The molecule has 0 unspecified atom stereocenters. The minimum Gasteiger partial charge on any atom is -0.298 e. The van der Waals surface area contributed by atoms with Crippen molar-refractivity contribution in [1.29, 1.82) is 0 Å². The quantitative estimate of drug-likeness (QED) is 0.374. The van der Waals surface area contributed by atoms with Gasteiger partial charge in [-0.1, -0.05) is 6.07 Å². The highest BCUT2D eigenvalue weighted by atomic mass is 32.2. The van der Waals surface area contributed by atoms with Crippen molar-refractivity contribution in [2.75, 3.05) is 16.7 Å². The summed E-state index contributed by atoms with van der Waals surface area (Å²) < 4.78 is 65.0. The third kappa shape index (κ3) is 5.33.